The lowest BCUT2D eigenvalue weighted by molar-refractivity contribution is -0.129. The first-order valence-electron chi connectivity index (χ1n) is 13.0. The van der Waals surface area contributed by atoms with Crippen molar-refractivity contribution >= 4 is 7.82 Å². The first-order valence-corrected chi connectivity index (χ1v) is 14.5. The van der Waals surface area contributed by atoms with E-state index in [0.717, 1.165) is 24.0 Å². The molecule has 0 N–H and O–H groups in total. The zero-order valence-corrected chi connectivity index (χ0v) is 23.1. The van der Waals surface area contributed by atoms with Crippen molar-refractivity contribution < 1.29 is 32.3 Å². The number of halogens is 1. The van der Waals surface area contributed by atoms with Gasteiger partial charge in [-0.1, -0.05) is 79.2 Å². The molecule has 0 bridgehead atoms. The first-order chi connectivity index (χ1) is 18.3. The standard InChI is InChI=1S/C30H34FO6P/c1-20(24-15-16-24)25-17-26(31)29-27(28(25)36-37-38(32,33-3)34-4)21(2)30(35-29,18-22-11-7-5-8-12-22)19-23-13-9-6-10-14-23/h5-14,17,20-21,24H,15-16,18-19H2,1-4H3. The maximum absolute atomic E-state index is 15.9. The zero-order valence-electron chi connectivity index (χ0n) is 22.2. The van der Waals surface area contributed by atoms with Crippen molar-refractivity contribution in [2.24, 2.45) is 5.92 Å². The molecule has 1 aliphatic heterocycles. The molecule has 0 aromatic heterocycles. The van der Waals surface area contributed by atoms with E-state index in [1.54, 1.807) is 0 Å². The maximum Gasteiger partial charge on any atom is 0.510 e. The van der Waals surface area contributed by atoms with Crippen molar-refractivity contribution in [3.8, 4) is 11.5 Å². The molecule has 8 heteroatoms. The number of fused-ring (bicyclic) bond motifs is 1. The van der Waals surface area contributed by atoms with Gasteiger partial charge in [-0.05, 0) is 41.9 Å². The fourth-order valence-electron chi connectivity index (χ4n) is 5.53. The van der Waals surface area contributed by atoms with Gasteiger partial charge in [0.1, 0.15) is 5.60 Å². The molecule has 0 amide bonds. The minimum Gasteiger partial charge on any atom is -0.482 e. The summed E-state index contributed by atoms with van der Waals surface area (Å²) in [4.78, 5) is 5.79. The predicted molar refractivity (Wildman–Crippen MR) is 143 cm³/mol. The number of phosphoric acid groups is 1. The number of phosphoric ester groups is 1. The Kier molecular flexibility index (Phi) is 7.65. The largest absolute Gasteiger partial charge is 0.510 e. The maximum atomic E-state index is 15.9. The molecule has 38 heavy (non-hydrogen) atoms. The van der Waals surface area contributed by atoms with Crippen molar-refractivity contribution in [2.45, 2.75) is 57.0 Å². The van der Waals surface area contributed by atoms with Gasteiger partial charge >= 0.3 is 7.82 Å². The van der Waals surface area contributed by atoms with Crippen LogP contribution in [0.2, 0.25) is 0 Å². The van der Waals surface area contributed by atoms with E-state index in [9.17, 15) is 4.57 Å². The molecule has 3 aromatic rings. The van der Waals surface area contributed by atoms with Crippen LogP contribution in [0.1, 0.15) is 60.8 Å². The normalized spacial score (nSPS) is 19.0. The highest BCUT2D eigenvalue weighted by Gasteiger charge is 2.50. The smallest absolute Gasteiger partial charge is 0.482 e. The lowest BCUT2D eigenvalue weighted by Crippen LogP contribution is -2.42. The monoisotopic (exact) mass is 540 g/mol. The summed E-state index contributed by atoms with van der Waals surface area (Å²) in [6.45, 7) is 4.08. The van der Waals surface area contributed by atoms with Gasteiger partial charge in [0.25, 0.3) is 0 Å². The van der Waals surface area contributed by atoms with Gasteiger partial charge < -0.3 is 9.62 Å². The number of hydrogen-bond donors (Lipinski definition) is 0. The van der Waals surface area contributed by atoms with Crippen LogP contribution in [-0.4, -0.2) is 19.8 Å². The van der Waals surface area contributed by atoms with Gasteiger partial charge in [0.2, 0.25) is 0 Å². The molecule has 0 radical (unpaired) electrons. The van der Waals surface area contributed by atoms with Gasteiger partial charge in [-0.3, -0.25) is 9.05 Å². The van der Waals surface area contributed by atoms with E-state index in [0.29, 0.717) is 35.6 Å². The van der Waals surface area contributed by atoms with E-state index in [-0.39, 0.29) is 17.6 Å². The third kappa shape index (κ3) is 5.26. The zero-order chi connectivity index (χ0) is 26.9. The van der Waals surface area contributed by atoms with Crippen molar-refractivity contribution in [1.82, 2.24) is 0 Å². The van der Waals surface area contributed by atoms with Crippen molar-refractivity contribution in [3.63, 3.8) is 0 Å². The number of hydrogen-bond acceptors (Lipinski definition) is 6. The SMILES string of the molecule is COP(=O)(OC)OOc1c(C(C)C2CC2)cc(F)c2c1C(C)C(Cc1ccccc1)(Cc1ccccc1)O2. The summed E-state index contributed by atoms with van der Waals surface area (Å²) in [5.74, 6) is 0.170. The third-order valence-electron chi connectivity index (χ3n) is 7.95. The molecule has 6 nitrogen and oxygen atoms in total. The van der Waals surface area contributed by atoms with Crippen LogP contribution in [-0.2, 0) is 31.1 Å². The summed E-state index contributed by atoms with van der Waals surface area (Å²) < 4.78 is 50.3. The molecule has 1 heterocycles. The van der Waals surface area contributed by atoms with Crippen molar-refractivity contribution in [2.75, 3.05) is 14.2 Å². The second-order valence-corrected chi connectivity index (χ2v) is 12.1. The summed E-state index contributed by atoms with van der Waals surface area (Å²) in [5, 5.41) is 0. The third-order valence-corrected chi connectivity index (χ3v) is 9.10. The topological polar surface area (TPSA) is 63.2 Å². The lowest BCUT2D eigenvalue weighted by atomic mass is 9.76. The molecule has 5 rings (SSSR count). The van der Waals surface area contributed by atoms with Crippen LogP contribution >= 0.6 is 7.82 Å². The predicted octanol–water partition coefficient (Wildman–Crippen LogP) is 7.77. The molecule has 1 saturated carbocycles. The fourth-order valence-corrected chi connectivity index (χ4v) is 5.97. The summed E-state index contributed by atoms with van der Waals surface area (Å²) in [6, 6.07) is 21.6. The number of rotatable bonds is 11. The lowest BCUT2D eigenvalue weighted by Gasteiger charge is -2.34. The molecule has 2 aliphatic rings. The van der Waals surface area contributed by atoms with Gasteiger partial charge in [-0.15, -0.1) is 0 Å². The van der Waals surface area contributed by atoms with Crippen LogP contribution in [0.4, 0.5) is 4.39 Å². The van der Waals surface area contributed by atoms with Crippen LogP contribution in [0, 0.1) is 11.7 Å². The molecular weight excluding hydrogens is 506 g/mol. The van der Waals surface area contributed by atoms with E-state index in [1.807, 2.05) is 43.3 Å². The molecule has 1 fully saturated rings. The molecular formula is C30H34FO6P. The van der Waals surface area contributed by atoms with Crippen LogP contribution < -0.4 is 9.62 Å². The Hall–Kier alpha value is -2.70. The molecule has 0 spiro atoms. The van der Waals surface area contributed by atoms with E-state index in [4.69, 9.17) is 23.3 Å². The van der Waals surface area contributed by atoms with Gasteiger partial charge in [-0.2, -0.15) is 0 Å². The first kappa shape index (κ1) is 26.9. The molecule has 2 atom stereocenters. The average Bonchev–Trinajstić information content (AvgIpc) is 3.75. The summed E-state index contributed by atoms with van der Waals surface area (Å²) >= 11 is 0. The highest BCUT2D eigenvalue weighted by Crippen LogP contribution is 2.58. The minimum atomic E-state index is -3.96. The van der Waals surface area contributed by atoms with Gasteiger partial charge in [0, 0.05) is 38.5 Å². The molecule has 3 aromatic carbocycles. The molecule has 2 unspecified atom stereocenters. The Balaban J connectivity index is 1.62. The number of benzene rings is 3. The summed E-state index contributed by atoms with van der Waals surface area (Å²) in [6.07, 6.45) is 3.24. The Labute approximate surface area is 223 Å². The van der Waals surface area contributed by atoms with Crippen LogP contribution in [0.25, 0.3) is 0 Å². The quantitative estimate of drug-likeness (QED) is 0.141. The Bertz CT molecular complexity index is 1260. The second kappa shape index (κ2) is 10.8. The van der Waals surface area contributed by atoms with E-state index < -0.39 is 19.2 Å². The molecule has 202 valence electrons. The van der Waals surface area contributed by atoms with Crippen LogP contribution in [0.5, 0.6) is 11.5 Å². The summed E-state index contributed by atoms with van der Waals surface area (Å²) in [7, 11) is -1.53. The van der Waals surface area contributed by atoms with Crippen molar-refractivity contribution in [3.05, 3.63) is 94.8 Å². The Morgan fingerprint density at radius 3 is 2.05 bits per heavy atom. The molecule has 0 saturated heterocycles. The van der Waals surface area contributed by atoms with Gasteiger partial charge in [0.05, 0.1) is 5.56 Å². The fraction of sp³-hybridized carbons (Fsp3) is 0.400. The van der Waals surface area contributed by atoms with E-state index in [1.165, 1.54) is 20.3 Å². The van der Waals surface area contributed by atoms with Crippen LogP contribution in [0.3, 0.4) is 0 Å². The highest BCUT2D eigenvalue weighted by molar-refractivity contribution is 7.48. The van der Waals surface area contributed by atoms with E-state index in [2.05, 4.69) is 31.2 Å². The van der Waals surface area contributed by atoms with E-state index >= 15 is 4.39 Å². The van der Waals surface area contributed by atoms with Crippen molar-refractivity contribution in [1.29, 1.82) is 0 Å². The molecule has 1 aliphatic carbocycles. The Morgan fingerprint density at radius 1 is 1.00 bits per heavy atom. The second-order valence-electron chi connectivity index (χ2n) is 10.3. The van der Waals surface area contributed by atoms with Gasteiger partial charge in [-0.25, -0.2) is 8.96 Å². The van der Waals surface area contributed by atoms with Crippen LogP contribution in [0.15, 0.2) is 66.7 Å². The highest BCUT2D eigenvalue weighted by atomic mass is 31.2. The van der Waals surface area contributed by atoms with Gasteiger partial charge in [0.15, 0.2) is 17.3 Å². The Morgan fingerprint density at radius 2 is 1.55 bits per heavy atom. The summed E-state index contributed by atoms with van der Waals surface area (Å²) in [5.41, 5.74) is 2.60. The average molecular weight is 541 g/mol. The minimum absolute atomic E-state index is 0.0170. The number of ether oxygens (including phenoxy) is 1.